The van der Waals surface area contributed by atoms with Crippen molar-refractivity contribution in [3.05, 3.63) is 22.4 Å². The van der Waals surface area contributed by atoms with Gasteiger partial charge in [0.05, 0.1) is 18.6 Å². The minimum atomic E-state index is -0.0704. The highest BCUT2D eigenvalue weighted by Gasteiger charge is 2.33. The van der Waals surface area contributed by atoms with Crippen LogP contribution >= 0.6 is 23.7 Å². The molecule has 2 N–H and O–H groups in total. The summed E-state index contributed by atoms with van der Waals surface area (Å²) in [7, 11) is 1.70. The summed E-state index contributed by atoms with van der Waals surface area (Å²) in [6.07, 6.45) is 2.66. The van der Waals surface area contributed by atoms with Crippen LogP contribution in [0.2, 0.25) is 0 Å². The Morgan fingerprint density at radius 2 is 2.47 bits per heavy atom. The SMILES string of the molecule is COCC1(CNC(=O)Cc2ccsc2)CCCN1.Cl. The summed E-state index contributed by atoms with van der Waals surface area (Å²) in [5, 5.41) is 10.5. The number of halogens is 1. The number of rotatable bonds is 6. The maximum Gasteiger partial charge on any atom is 0.224 e. The van der Waals surface area contributed by atoms with Crippen molar-refractivity contribution < 1.29 is 9.53 Å². The van der Waals surface area contributed by atoms with Crippen molar-refractivity contribution in [3.8, 4) is 0 Å². The van der Waals surface area contributed by atoms with Crippen LogP contribution in [0.5, 0.6) is 0 Å². The van der Waals surface area contributed by atoms with Gasteiger partial charge in [0.25, 0.3) is 0 Å². The molecule has 1 amide bonds. The molecule has 1 fully saturated rings. The molecule has 108 valence electrons. The van der Waals surface area contributed by atoms with Crippen LogP contribution in [0.1, 0.15) is 18.4 Å². The Bertz CT molecular complexity index is 378. The Labute approximate surface area is 124 Å². The zero-order chi connectivity index (χ0) is 12.8. The maximum absolute atomic E-state index is 11.8. The third-order valence-corrected chi connectivity index (χ3v) is 4.05. The van der Waals surface area contributed by atoms with Crippen molar-refractivity contribution in [3.63, 3.8) is 0 Å². The summed E-state index contributed by atoms with van der Waals surface area (Å²) in [5.74, 6) is 0.0811. The Kier molecular flexibility index (Phi) is 6.79. The fourth-order valence-electron chi connectivity index (χ4n) is 2.38. The quantitative estimate of drug-likeness (QED) is 0.839. The van der Waals surface area contributed by atoms with E-state index in [0.717, 1.165) is 24.9 Å². The molecule has 1 unspecified atom stereocenters. The van der Waals surface area contributed by atoms with Crippen LogP contribution in [0.4, 0.5) is 0 Å². The first-order chi connectivity index (χ1) is 8.74. The molecule has 2 heterocycles. The molecule has 2 rings (SSSR count). The smallest absolute Gasteiger partial charge is 0.224 e. The minimum Gasteiger partial charge on any atom is -0.383 e. The zero-order valence-corrected chi connectivity index (χ0v) is 12.7. The number of amides is 1. The normalized spacial score (nSPS) is 21.9. The molecule has 1 aliphatic rings. The lowest BCUT2D eigenvalue weighted by Crippen LogP contribution is -2.53. The Balaban J connectivity index is 0.00000180. The number of hydrogen-bond acceptors (Lipinski definition) is 4. The van der Waals surface area contributed by atoms with Gasteiger partial charge in [0.1, 0.15) is 0 Å². The summed E-state index contributed by atoms with van der Waals surface area (Å²) in [5.41, 5.74) is 1.01. The van der Waals surface area contributed by atoms with Gasteiger partial charge in [0.15, 0.2) is 0 Å². The predicted octanol–water partition coefficient (Wildman–Crippen LogP) is 1.60. The van der Waals surface area contributed by atoms with Gasteiger partial charge >= 0.3 is 0 Å². The van der Waals surface area contributed by atoms with Crippen LogP contribution in [0.3, 0.4) is 0 Å². The Morgan fingerprint density at radius 1 is 1.63 bits per heavy atom. The predicted molar refractivity (Wildman–Crippen MR) is 80.1 cm³/mol. The van der Waals surface area contributed by atoms with E-state index in [1.807, 2.05) is 16.8 Å². The van der Waals surface area contributed by atoms with E-state index in [1.54, 1.807) is 18.4 Å². The number of ether oxygens (including phenoxy) is 1. The first kappa shape index (κ1) is 16.4. The van der Waals surface area contributed by atoms with Gasteiger partial charge < -0.3 is 15.4 Å². The van der Waals surface area contributed by atoms with E-state index in [4.69, 9.17) is 4.74 Å². The first-order valence-corrected chi connectivity index (χ1v) is 7.20. The van der Waals surface area contributed by atoms with Crippen molar-refractivity contribution in [1.82, 2.24) is 10.6 Å². The fraction of sp³-hybridized carbons (Fsp3) is 0.615. The maximum atomic E-state index is 11.8. The Morgan fingerprint density at radius 3 is 3.05 bits per heavy atom. The molecule has 1 atom stereocenters. The molecule has 0 aliphatic carbocycles. The van der Waals surface area contributed by atoms with Gasteiger partial charge in [-0.1, -0.05) is 0 Å². The van der Waals surface area contributed by atoms with Crippen LogP contribution in [0, 0.1) is 0 Å². The van der Waals surface area contributed by atoms with Crippen molar-refractivity contribution in [2.75, 3.05) is 26.8 Å². The fourth-order valence-corrected chi connectivity index (χ4v) is 3.05. The zero-order valence-electron chi connectivity index (χ0n) is 11.1. The number of thiophene rings is 1. The van der Waals surface area contributed by atoms with Gasteiger partial charge in [-0.2, -0.15) is 11.3 Å². The number of hydrogen-bond donors (Lipinski definition) is 2. The van der Waals surface area contributed by atoms with Crippen LogP contribution < -0.4 is 10.6 Å². The molecule has 4 nitrogen and oxygen atoms in total. The second kappa shape index (κ2) is 7.85. The molecule has 0 spiro atoms. The number of carbonyl (C=O) groups is 1. The number of carbonyl (C=O) groups excluding carboxylic acids is 1. The third kappa shape index (κ3) is 4.76. The lowest BCUT2D eigenvalue weighted by atomic mass is 9.98. The van der Waals surface area contributed by atoms with Gasteiger partial charge in [-0.25, -0.2) is 0 Å². The van der Waals surface area contributed by atoms with Crippen molar-refractivity contribution in [2.24, 2.45) is 0 Å². The van der Waals surface area contributed by atoms with E-state index in [0.29, 0.717) is 19.6 Å². The van der Waals surface area contributed by atoms with Crippen molar-refractivity contribution >= 4 is 29.7 Å². The molecular weight excluding hydrogens is 284 g/mol. The molecule has 0 aromatic carbocycles. The van der Waals surface area contributed by atoms with E-state index >= 15 is 0 Å². The first-order valence-electron chi connectivity index (χ1n) is 6.26. The molecule has 1 saturated heterocycles. The highest BCUT2D eigenvalue weighted by molar-refractivity contribution is 7.07. The van der Waals surface area contributed by atoms with Crippen LogP contribution in [0.15, 0.2) is 16.8 Å². The molecule has 1 aromatic heterocycles. The minimum absolute atomic E-state index is 0. The molecule has 19 heavy (non-hydrogen) atoms. The average Bonchev–Trinajstić information content (AvgIpc) is 2.99. The molecule has 1 aliphatic heterocycles. The van der Waals surface area contributed by atoms with Crippen LogP contribution in [-0.4, -0.2) is 38.3 Å². The second-order valence-corrected chi connectivity index (χ2v) is 5.61. The summed E-state index contributed by atoms with van der Waals surface area (Å²) < 4.78 is 5.26. The molecule has 0 radical (unpaired) electrons. The van der Waals surface area contributed by atoms with Gasteiger partial charge in [-0.3, -0.25) is 4.79 Å². The van der Waals surface area contributed by atoms with Gasteiger partial charge in [0.2, 0.25) is 5.91 Å². The molecular formula is C13H21ClN2O2S. The standard InChI is InChI=1S/C13H20N2O2S.ClH/c1-17-10-13(4-2-5-15-13)9-14-12(16)7-11-3-6-18-8-11;/h3,6,8,15H,2,4-5,7,9-10H2,1H3,(H,14,16);1H. The molecule has 1 aromatic rings. The lowest BCUT2D eigenvalue weighted by molar-refractivity contribution is -0.120. The number of methoxy groups -OCH3 is 1. The monoisotopic (exact) mass is 304 g/mol. The molecule has 0 bridgehead atoms. The van der Waals surface area contributed by atoms with E-state index in [1.165, 1.54) is 0 Å². The highest BCUT2D eigenvalue weighted by atomic mass is 35.5. The number of nitrogens with one attached hydrogen (secondary N) is 2. The summed E-state index contributed by atoms with van der Waals surface area (Å²) in [4.78, 5) is 11.8. The van der Waals surface area contributed by atoms with Crippen molar-refractivity contribution in [2.45, 2.75) is 24.8 Å². The van der Waals surface area contributed by atoms with Crippen molar-refractivity contribution in [1.29, 1.82) is 0 Å². The molecule has 0 saturated carbocycles. The average molecular weight is 305 g/mol. The highest BCUT2D eigenvalue weighted by Crippen LogP contribution is 2.18. The van der Waals surface area contributed by atoms with Gasteiger partial charge in [-0.15, -0.1) is 12.4 Å². The van der Waals surface area contributed by atoms with Crippen LogP contribution in [-0.2, 0) is 16.0 Å². The summed E-state index contributed by atoms with van der Waals surface area (Å²) in [6.45, 7) is 2.29. The largest absolute Gasteiger partial charge is 0.383 e. The molecule has 6 heteroatoms. The Hall–Kier alpha value is -0.620. The topological polar surface area (TPSA) is 50.4 Å². The lowest BCUT2D eigenvalue weighted by Gasteiger charge is -2.28. The van der Waals surface area contributed by atoms with E-state index in [9.17, 15) is 4.79 Å². The van der Waals surface area contributed by atoms with E-state index < -0.39 is 0 Å². The summed E-state index contributed by atoms with van der Waals surface area (Å²) >= 11 is 1.62. The summed E-state index contributed by atoms with van der Waals surface area (Å²) in [6, 6.07) is 1.99. The van der Waals surface area contributed by atoms with E-state index in [2.05, 4.69) is 10.6 Å². The van der Waals surface area contributed by atoms with E-state index in [-0.39, 0.29) is 23.9 Å². The third-order valence-electron chi connectivity index (χ3n) is 3.32. The second-order valence-electron chi connectivity index (χ2n) is 4.83. The van der Waals surface area contributed by atoms with Gasteiger partial charge in [0, 0.05) is 13.7 Å². The van der Waals surface area contributed by atoms with Gasteiger partial charge in [-0.05, 0) is 41.8 Å². The van der Waals surface area contributed by atoms with Crippen LogP contribution in [0.25, 0.3) is 0 Å².